The number of nitrogens with one attached hydrogen (secondary N) is 4. The maximum Gasteiger partial charge on any atom is 0.316 e. The van der Waals surface area contributed by atoms with Gasteiger partial charge in [0.25, 0.3) is 11.8 Å². The first kappa shape index (κ1) is 58.7. The van der Waals surface area contributed by atoms with E-state index < -0.39 is 56.8 Å². The van der Waals surface area contributed by atoms with Gasteiger partial charge in [-0.25, -0.2) is 8.42 Å². The summed E-state index contributed by atoms with van der Waals surface area (Å²) in [5.41, 5.74) is 3.11. The standard InChI is InChI=1S/C59H63ClN6O11S2/c1-10-49(76-50-31-26-37(58(4,5)11-2)32-44(50)59(6,7)12-3)56(69)61-39-27-30-45(60)47(34-39)62-57(70)55(53(67)36-24-28-41(74-8)29-25-36)75-42-21-16-20-40(33-42)65-78(71)77-51-35-48(64-63-38-18-14-13-15-19-38)52-43(54(51)68)22-17-23-46(52)66-79(9,72)73/h13-35,49,55,65-66,68H,10-12H2,1-9H3,(H,61,69)(H,62,70). The van der Waals surface area contributed by atoms with Gasteiger partial charge in [0.2, 0.25) is 21.9 Å². The number of anilines is 4. The van der Waals surface area contributed by atoms with Crippen molar-refractivity contribution in [2.24, 2.45) is 10.2 Å². The predicted molar refractivity (Wildman–Crippen MR) is 312 cm³/mol. The number of carbonyl (C=O) groups is 3. The summed E-state index contributed by atoms with van der Waals surface area (Å²) in [6.45, 7) is 14.8. The highest BCUT2D eigenvalue weighted by molar-refractivity contribution is 7.92. The number of fused-ring (bicyclic) bond motifs is 1. The van der Waals surface area contributed by atoms with Crippen molar-refractivity contribution in [2.75, 3.05) is 33.4 Å². The molecule has 0 aromatic heterocycles. The summed E-state index contributed by atoms with van der Waals surface area (Å²) >= 11 is 4.22. The maximum absolute atomic E-state index is 14.4. The van der Waals surface area contributed by atoms with E-state index in [9.17, 15) is 32.1 Å². The Morgan fingerprint density at radius 2 is 1.42 bits per heavy atom. The number of carbonyl (C=O) groups excluding carboxylic acids is 3. The molecule has 3 atom stereocenters. The zero-order chi connectivity index (χ0) is 57.2. The zero-order valence-electron chi connectivity index (χ0n) is 45.2. The molecular formula is C59H63ClN6O11S2. The Kier molecular flexibility index (Phi) is 18.7. The van der Waals surface area contributed by atoms with Crippen molar-refractivity contribution < 1.29 is 50.5 Å². The number of azo groups is 1. The van der Waals surface area contributed by atoms with Crippen LogP contribution in [0.2, 0.25) is 5.02 Å². The number of hydrogen-bond acceptors (Lipinski definition) is 13. The van der Waals surface area contributed by atoms with Gasteiger partial charge in [-0.15, -0.1) is 5.11 Å². The second-order valence-electron chi connectivity index (χ2n) is 19.8. The molecule has 414 valence electrons. The maximum atomic E-state index is 14.4. The lowest BCUT2D eigenvalue weighted by molar-refractivity contribution is -0.123. The zero-order valence-corrected chi connectivity index (χ0v) is 47.6. The highest BCUT2D eigenvalue weighted by atomic mass is 35.5. The van der Waals surface area contributed by atoms with Crippen LogP contribution in [0, 0.1) is 0 Å². The van der Waals surface area contributed by atoms with E-state index >= 15 is 0 Å². The van der Waals surface area contributed by atoms with Crippen molar-refractivity contribution in [1.29, 1.82) is 0 Å². The van der Waals surface area contributed by atoms with Crippen LogP contribution in [0.5, 0.6) is 28.7 Å². The Balaban J connectivity index is 1.12. The number of hydrogen-bond donors (Lipinski definition) is 5. The second-order valence-corrected chi connectivity index (χ2v) is 22.8. The third kappa shape index (κ3) is 14.8. The van der Waals surface area contributed by atoms with E-state index in [1.165, 1.54) is 85.5 Å². The monoisotopic (exact) mass is 1130 g/mol. The van der Waals surface area contributed by atoms with Gasteiger partial charge >= 0.3 is 11.3 Å². The number of methoxy groups -OCH3 is 1. The number of sulfonamides is 1. The number of Topliss-reactive ketones (excluding diaryl/α,β-unsaturated/α-hetero) is 1. The molecule has 0 aliphatic rings. The molecule has 20 heteroatoms. The molecule has 5 N–H and O–H groups in total. The van der Waals surface area contributed by atoms with Crippen molar-refractivity contribution >= 4 is 95.4 Å². The lowest BCUT2D eigenvalue weighted by atomic mass is 9.76. The molecule has 0 spiro atoms. The normalized spacial score (nSPS) is 13.0. The molecule has 17 nitrogen and oxygen atoms in total. The summed E-state index contributed by atoms with van der Waals surface area (Å²) in [6.07, 6.45) is 0.380. The van der Waals surface area contributed by atoms with Crippen molar-refractivity contribution in [3.8, 4) is 28.7 Å². The smallest absolute Gasteiger partial charge is 0.316 e. The number of phenols is 1. The summed E-state index contributed by atoms with van der Waals surface area (Å²) in [5.74, 6) is -1.81. The largest absolute Gasteiger partial charge is 0.504 e. The molecule has 7 aromatic rings. The minimum atomic E-state index is -3.78. The number of ether oxygens (including phenoxy) is 3. The third-order valence-corrected chi connectivity index (χ3v) is 15.0. The van der Waals surface area contributed by atoms with E-state index in [-0.39, 0.29) is 72.1 Å². The number of benzene rings is 7. The predicted octanol–water partition coefficient (Wildman–Crippen LogP) is 13.5. The minimum Gasteiger partial charge on any atom is -0.504 e. The Morgan fingerprint density at radius 1 is 0.709 bits per heavy atom. The first-order valence-corrected chi connectivity index (χ1v) is 28.6. The molecule has 7 rings (SSSR count). The SMILES string of the molecule is CCC(Oc1ccc(C(C)(C)CC)cc1C(C)(C)CC)C(=O)Nc1ccc(Cl)c(NC(=O)C(Oc2cccc(NS(=O)Oc3cc(N=Nc4ccccc4)c4c(NS(C)(=O)=O)cccc4c3O)c2)C(=O)c2ccc(OC)cc2)c1. The third-order valence-electron chi connectivity index (χ3n) is 13.4. The molecule has 79 heavy (non-hydrogen) atoms. The van der Waals surface area contributed by atoms with Gasteiger partial charge in [0.1, 0.15) is 17.2 Å². The lowest BCUT2D eigenvalue weighted by Crippen LogP contribution is -2.40. The molecule has 0 fully saturated rings. The average Bonchev–Trinajstić information content (AvgIpc) is 3.50. The number of rotatable bonds is 24. The molecular weight excluding hydrogens is 1070 g/mol. The van der Waals surface area contributed by atoms with Crippen LogP contribution in [0.4, 0.5) is 34.1 Å². The highest BCUT2D eigenvalue weighted by Crippen LogP contribution is 2.45. The van der Waals surface area contributed by atoms with Crippen LogP contribution in [0.25, 0.3) is 10.8 Å². The molecule has 0 radical (unpaired) electrons. The Bertz CT molecular complexity index is 3540. The average molecular weight is 1130 g/mol. The van der Waals surface area contributed by atoms with Crippen molar-refractivity contribution in [1.82, 2.24) is 0 Å². The number of aromatic hydroxyl groups is 1. The molecule has 0 bridgehead atoms. The molecule has 0 aliphatic heterocycles. The van der Waals surface area contributed by atoms with Crippen LogP contribution in [0.3, 0.4) is 0 Å². The number of halogens is 1. The van der Waals surface area contributed by atoms with E-state index in [1.54, 1.807) is 48.5 Å². The first-order valence-electron chi connectivity index (χ1n) is 25.3. The van der Waals surface area contributed by atoms with Crippen LogP contribution in [-0.2, 0) is 41.7 Å². The molecule has 0 heterocycles. The number of ketones is 1. The van der Waals surface area contributed by atoms with Gasteiger partial charge in [-0.3, -0.25) is 23.8 Å². The summed E-state index contributed by atoms with van der Waals surface area (Å²) < 4.78 is 67.1. The van der Waals surface area contributed by atoms with E-state index in [0.29, 0.717) is 23.6 Å². The molecule has 3 unspecified atom stereocenters. The van der Waals surface area contributed by atoms with Crippen LogP contribution < -0.4 is 38.5 Å². The summed E-state index contributed by atoms with van der Waals surface area (Å²) in [6, 6.07) is 37.1. The Hall–Kier alpha value is -8.00. The van der Waals surface area contributed by atoms with Gasteiger partial charge in [-0.1, -0.05) is 109 Å². The van der Waals surface area contributed by atoms with Gasteiger partial charge in [0.05, 0.1) is 46.8 Å². The number of nitrogens with zero attached hydrogens (tertiary/aromatic N) is 2. The van der Waals surface area contributed by atoms with Gasteiger partial charge in [-0.05, 0) is 115 Å². The second kappa shape index (κ2) is 25.2. The summed E-state index contributed by atoms with van der Waals surface area (Å²) in [4.78, 5) is 42.6. The van der Waals surface area contributed by atoms with Crippen molar-refractivity contribution in [3.05, 3.63) is 161 Å². The molecule has 0 saturated heterocycles. The van der Waals surface area contributed by atoms with Gasteiger partial charge in [0.15, 0.2) is 17.6 Å². The van der Waals surface area contributed by atoms with Crippen molar-refractivity contribution in [3.63, 3.8) is 0 Å². The van der Waals surface area contributed by atoms with Crippen molar-refractivity contribution in [2.45, 2.75) is 90.8 Å². The van der Waals surface area contributed by atoms with Crippen LogP contribution in [0.1, 0.15) is 89.2 Å². The number of amides is 2. The van der Waals surface area contributed by atoms with E-state index in [1.807, 2.05) is 13.0 Å². The fourth-order valence-electron chi connectivity index (χ4n) is 8.13. The van der Waals surface area contributed by atoms with E-state index in [2.05, 4.69) is 84.0 Å². The van der Waals surface area contributed by atoms with Crippen LogP contribution in [0.15, 0.2) is 150 Å². The number of phenolic OH excluding ortho intramolecular Hbond substituents is 1. The molecule has 0 saturated carbocycles. The van der Waals surface area contributed by atoms with Gasteiger partial charge < -0.3 is 34.1 Å². The van der Waals surface area contributed by atoms with E-state index in [4.69, 9.17) is 30.0 Å². The van der Waals surface area contributed by atoms with Crippen LogP contribution >= 0.6 is 11.6 Å². The fraction of sp³-hybridized carbons (Fsp3) is 0.271. The van der Waals surface area contributed by atoms with E-state index in [0.717, 1.165) is 24.7 Å². The quantitative estimate of drug-likeness (QED) is 0.0217. The fourth-order valence-corrected chi connectivity index (χ4v) is 9.51. The Labute approximate surface area is 467 Å². The Morgan fingerprint density at radius 3 is 2.09 bits per heavy atom. The molecule has 7 aromatic carbocycles. The van der Waals surface area contributed by atoms with Crippen LogP contribution in [-0.4, -0.2) is 60.9 Å². The van der Waals surface area contributed by atoms with Gasteiger partial charge in [0, 0.05) is 39.7 Å². The highest BCUT2D eigenvalue weighted by Gasteiger charge is 2.32. The lowest BCUT2D eigenvalue weighted by Gasteiger charge is -2.31. The molecule has 2 amide bonds. The minimum absolute atomic E-state index is 0.0148. The summed E-state index contributed by atoms with van der Waals surface area (Å²) in [5, 5.41) is 26.0. The topological polar surface area (TPSA) is 232 Å². The molecule has 0 aliphatic carbocycles. The summed E-state index contributed by atoms with van der Waals surface area (Å²) in [7, 11) is -2.31. The van der Waals surface area contributed by atoms with Gasteiger partial charge in [-0.2, -0.15) is 9.32 Å². The first-order chi connectivity index (χ1) is 37.5.